The van der Waals surface area contributed by atoms with Crippen LogP contribution in [0.4, 0.5) is 0 Å². The van der Waals surface area contributed by atoms with Crippen molar-refractivity contribution in [1.29, 1.82) is 0 Å². The van der Waals surface area contributed by atoms with E-state index in [0.717, 1.165) is 10.4 Å². The minimum atomic E-state index is -4.19. The number of hydrogen-bond acceptors (Lipinski definition) is 4. The van der Waals surface area contributed by atoms with Gasteiger partial charge in [0.25, 0.3) is 0 Å². The van der Waals surface area contributed by atoms with Gasteiger partial charge in [-0.15, -0.1) is 0 Å². The lowest BCUT2D eigenvalue weighted by Gasteiger charge is -2.32. The van der Waals surface area contributed by atoms with Crippen LogP contribution in [-0.4, -0.2) is 47.5 Å². The number of carboxylic acid groups (broad SMARTS) is 2. The van der Waals surface area contributed by atoms with E-state index in [2.05, 4.69) is 0 Å². The molecule has 0 unspecified atom stereocenters. The van der Waals surface area contributed by atoms with Crippen molar-refractivity contribution in [1.82, 2.24) is 4.31 Å². The summed E-state index contributed by atoms with van der Waals surface area (Å²) in [4.78, 5) is 21.9. The molecule has 7 nitrogen and oxygen atoms in total. The lowest BCUT2D eigenvalue weighted by Crippen LogP contribution is -2.47. The highest BCUT2D eigenvalue weighted by Crippen LogP contribution is 2.30. The first-order valence-corrected chi connectivity index (χ1v) is 8.34. The molecule has 1 aromatic rings. The molecule has 120 valence electrons. The molecule has 0 aromatic heterocycles. The normalized spacial score (nSPS) is 19.8. The van der Waals surface area contributed by atoms with Crippen LogP contribution in [0.2, 0.25) is 5.02 Å². The summed E-state index contributed by atoms with van der Waals surface area (Å²) >= 11 is 5.89. The molecule has 1 aromatic carbocycles. The maximum Gasteiger partial charge on any atom is 0.335 e. The number of carboxylic acids is 2. The van der Waals surface area contributed by atoms with Crippen molar-refractivity contribution in [2.75, 3.05) is 6.54 Å². The first-order valence-electron chi connectivity index (χ1n) is 6.52. The molecule has 2 N–H and O–H groups in total. The molecule has 0 aliphatic carbocycles. The van der Waals surface area contributed by atoms with Gasteiger partial charge in [0.05, 0.1) is 10.6 Å². The predicted molar refractivity (Wildman–Crippen MR) is 77.6 cm³/mol. The highest BCUT2D eigenvalue weighted by Gasteiger charge is 2.38. The standard InChI is InChI=1S/C13H14ClNO6S/c14-9-5-4-8(12(16)17)7-11(9)22(20,21)15-6-2-1-3-10(15)13(18)19/h4-5,7,10H,1-3,6H2,(H,16,17)(H,18,19)/t10-/m1/s1. The fourth-order valence-electron chi connectivity index (χ4n) is 2.40. The van der Waals surface area contributed by atoms with Crippen LogP contribution in [-0.2, 0) is 14.8 Å². The Bertz CT molecular complexity index is 717. The Labute approximate surface area is 132 Å². The second-order valence-corrected chi connectivity index (χ2v) is 7.18. The number of aromatic carboxylic acids is 1. The summed E-state index contributed by atoms with van der Waals surface area (Å²) in [7, 11) is -4.19. The van der Waals surface area contributed by atoms with Gasteiger partial charge in [0.2, 0.25) is 10.0 Å². The summed E-state index contributed by atoms with van der Waals surface area (Å²) in [5.74, 6) is -2.52. The average Bonchev–Trinajstić information content (AvgIpc) is 2.47. The fraction of sp³-hybridized carbons (Fsp3) is 0.385. The smallest absolute Gasteiger partial charge is 0.335 e. The Morgan fingerprint density at radius 2 is 1.91 bits per heavy atom. The molecule has 0 amide bonds. The predicted octanol–water partition coefficient (Wildman–Crippen LogP) is 1.67. The molecule has 1 atom stereocenters. The lowest BCUT2D eigenvalue weighted by atomic mass is 10.1. The minimum absolute atomic E-state index is 0.0624. The van der Waals surface area contributed by atoms with Crippen LogP contribution >= 0.6 is 11.6 Å². The van der Waals surface area contributed by atoms with Crippen LogP contribution in [0, 0.1) is 0 Å². The molecule has 0 spiro atoms. The molecule has 2 rings (SSSR count). The zero-order valence-electron chi connectivity index (χ0n) is 11.4. The fourth-order valence-corrected chi connectivity index (χ4v) is 4.55. The van der Waals surface area contributed by atoms with Gasteiger partial charge in [0.15, 0.2) is 0 Å². The summed E-state index contributed by atoms with van der Waals surface area (Å²) in [6.45, 7) is 0.0624. The summed E-state index contributed by atoms with van der Waals surface area (Å²) in [5.41, 5.74) is -0.230. The van der Waals surface area contributed by atoms with E-state index in [0.29, 0.717) is 12.8 Å². The average molecular weight is 348 g/mol. The third-order valence-corrected chi connectivity index (χ3v) is 5.89. The Morgan fingerprint density at radius 3 is 2.50 bits per heavy atom. The molecule has 1 heterocycles. The van der Waals surface area contributed by atoms with E-state index >= 15 is 0 Å². The van der Waals surface area contributed by atoms with Crippen molar-refractivity contribution < 1.29 is 28.2 Å². The second kappa shape index (κ2) is 6.23. The van der Waals surface area contributed by atoms with Crippen LogP contribution in [0.3, 0.4) is 0 Å². The molecule has 0 bridgehead atoms. The Kier molecular flexibility index (Phi) is 4.74. The molecule has 1 fully saturated rings. The van der Waals surface area contributed by atoms with Gasteiger partial charge in [-0.1, -0.05) is 11.6 Å². The van der Waals surface area contributed by atoms with E-state index in [1.807, 2.05) is 0 Å². The van der Waals surface area contributed by atoms with E-state index in [4.69, 9.17) is 16.7 Å². The van der Waals surface area contributed by atoms with Crippen molar-refractivity contribution in [2.45, 2.75) is 30.2 Å². The van der Waals surface area contributed by atoms with Gasteiger partial charge in [0, 0.05) is 6.54 Å². The topological polar surface area (TPSA) is 112 Å². The number of nitrogens with zero attached hydrogens (tertiary/aromatic N) is 1. The van der Waals surface area contributed by atoms with Gasteiger partial charge in [0.1, 0.15) is 10.9 Å². The molecule has 1 aliphatic heterocycles. The SMILES string of the molecule is O=C(O)c1ccc(Cl)c(S(=O)(=O)N2CCCC[C@@H]2C(=O)O)c1. The summed E-state index contributed by atoms with van der Waals surface area (Å²) in [6, 6.07) is 2.16. The minimum Gasteiger partial charge on any atom is -0.480 e. The van der Waals surface area contributed by atoms with E-state index in [1.54, 1.807) is 0 Å². The number of benzene rings is 1. The zero-order valence-corrected chi connectivity index (χ0v) is 13.0. The Morgan fingerprint density at radius 1 is 1.23 bits per heavy atom. The molecule has 1 saturated heterocycles. The van der Waals surface area contributed by atoms with E-state index < -0.39 is 28.0 Å². The molecular weight excluding hydrogens is 334 g/mol. The number of halogens is 1. The van der Waals surface area contributed by atoms with Crippen molar-refractivity contribution >= 4 is 33.6 Å². The number of hydrogen-bond donors (Lipinski definition) is 2. The largest absolute Gasteiger partial charge is 0.480 e. The third kappa shape index (κ3) is 3.08. The number of piperidine rings is 1. The van der Waals surface area contributed by atoms with Crippen molar-refractivity contribution in [3.8, 4) is 0 Å². The molecular formula is C13H14ClNO6S. The first-order chi connectivity index (χ1) is 10.2. The summed E-state index contributed by atoms with van der Waals surface area (Å²) < 4.78 is 26.2. The number of carbonyl (C=O) groups is 2. The van der Waals surface area contributed by atoms with Crippen molar-refractivity contribution in [2.24, 2.45) is 0 Å². The van der Waals surface area contributed by atoms with Gasteiger partial charge >= 0.3 is 11.9 Å². The number of rotatable bonds is 4. The van der Waals surface area contributed by atoms with Crippen LogP contribution < -0.4 is 0 Å². The molecule has 0 saturated carbocycles. The first kappa shape index (κ1) is 16.7. The van der Waals surface area contributed by atoms with Gasteiger partial charge in [-0.2, -0.15) is 4.31 Å². The molecule has 1 aliphatic rings. The quantitative estimate of drug-likeness (QED) is 0.856. The van der Waals surface area contributed by atoms with Crippen LogP contribution in [0.25, 0.3) is 0 Å². The van der Waals surface area contributed by atoms with E-state index in [-0.39, 0.29) is 28.4 Å². The van der Waals surface area contributed by atoms with Crippen molar-refractivity contribution in [3.05, 3.63) is 28.8 Å². The maximum atomic E-state index is 12.7. The van der Waals surface area contributed by atoms with E-state index in [1.165, 1.54) is 12.1 Å². The highest BCUT2D eigenvalue weighted by atomic mass is 35.5. The molecule has 22 heavy (non-hydrogen) atoms. The highest BCUT2D eigenvalue weighted by molar-refractivity contribution is 7.89. The van der Waals surface area contributed by atoms with Gasteiger partial charge in [-0.3, -0.25) is 4.79 Å². The van der Waals surface area contributed by atoms with Gasteiger partial charge in [-0.25, -0.2) is 13.2 Å². The zero-order chi connectivity index (χ0) is 16.5. The van der Waals surface area contributed by atoms with Crippen LogP contribution in [0.15, 0.2) is 23.1 Å². The van der Waals surface area contributed by atoms with E-state index in [9.17, 15) is 23.1 Å². The summed E-state index contributed by atoms with van der Waals surface area (Å²) in [6.07, 6.45) is 1.37. The number of aliphatic carboxylic acids is 1. The van der Waals surface area contributed by atoms with Gasteiger partial charge in [-0.05, 0) is 37.5 Å². The van der Waals surface area contributed by atoms with Crippen LogP contribution in [0.1, 0.15) is 29.6 Å². The van der Waals surface area contributed by atoms with Crippen LogP contribution in [0.5, 0.6) is 0 Å². The molecule has 0 radical (unpaired) electrons. The Balaban J connectivity index is 2.51. The van der Waals surface area contributed by atoms with Gasteiger partial charge < -0.3 is 10.2 Å². The lowest BCUT2D eigenvalue weighted by molar-refractivity contribution is -0.142. The summed E-state index contributed by atoms with van der Waals surface area (Å²) in [5, 5.41) is 18.0. The maximum absolute atomic E-state index is 12.7. The van der Waals surface area contributed by atoms with Crippen molar-refractivity contribution in [3.63, 3.8) is 0 Å². The number of sulfonamides is 1. The third-order valence-electron chi connectivity index (χ3n) is 3.50. The Hall–Kier alpha value is -1.64. The molecule has 9 heteroatoms. The monoisotopic (exact) mass is 347 g/mol. The second-order valence-electron chi connectivity index (χ2n) is 4.92.